The zero-order chi connectivity index (χ0) is 18.9. The predicted octanol–water partition coefficient (Wildman–Crippen LogP) is 3.18. The summed E-state index contributed by atoms with van der Waals surface area (Å²) in [5, 5.41) is 0. The van der Waals surface area contributed by atoms with Crippen LogP contribution in [-0.4, -0.2) is 25.8 Å². The second-order valence-corrected chi connectivity index (χ2v) is 5.60. The van der Waals surface area contributed by atoms with E-state index in [9.17, 15) is 9.59 Å². The van der Waals surface area contributed by atoms with Gasteiger partial charge < -0.3 is 9.47 Å². The number of ether oxygens (including phenoxy) is 2. The number of rotatable bonds is 5. The number of hydrogen-bond acceptors (Lipinski definition) is 4. The number of methoxy groups -OCH3 is 2. The van der Waals surface area contributed by atoms with Crippen molar-refractivity contribution in [1.82, 2.24) is 0 Å². The summed E-state index contributed by atoms with van der Waals surface area (Å²) in [6.45, 7) is 1.64. The van der Waals surface area contributed by atoms with E-state index < -0.39 is 0 Å². The molecule has 0 heterocycles. The molecule has 1 aliphatic carbocycles. The van der Waals surface area contributed by atoms with Crippen LogP contribution in [0.4, 0.5) is 0 Å². The smallest absolute Gasteiger partial charge is 0.228 e. The minimum Gasteiger partial charge on any atom is -0.489 e. The SMILES string of the molecule is COC1=C(OC)C(=O)C(CCCC#CC#Cc2ccccc2)=C(C)C1=O. The fraction of sp³-hybridized carbons (Fsp3) is 0.273. The Bertz CT molecular complexity index is 881. The van der Waals surface area contributed by atoms with E-state index in [0.717, 1.165) is 5.56 Å². The highest BCUT2D eigenvalue weighted by molar-refractivity contribution is 6.23. The highest BCUT2D eigenvalue weighted by atomic mass is 16.5. The molecule has 0 amide bonds. The number of allylic oxidation sites excluding steroid dienone is 2. The Balaban J connectivity index is 1.95. The van der Waals surface area contributed by atoms with E-state index in [4.69, 9.17) is 9.47 Å². The Hall–Kier alpha value is -3.24. The topological polar surface area (TPSA) is 52.6 Å². The van der Waals surface area contributed by atoms with E-state index in [0.29, 0.717) is 30.4 Å². The molecule has 0 radical (unpaired) electrons. The first-order valence-corrected chi connectivity index (χ1v) is 8.25. The molecular weight excluding hydrogens is 328 g/mol. The number of ketones is 2. The second-order valence-electron chi connectivity index (χ2n) is 5.60. The number of benzene rings is 1. The van der Waals surface area contributed by atoms with Crippen LogP contribution in [0.3, 0.4) is 0 Å². The normalized spacial score (nSPS) is 13.7. The molecule has 0 unspecified atom stereocenters. The highest BCUT2D eigenvalue weighted by Gasteiger charge is 2.34. The van der Waals surface area contributed by atoms with Crippen LogP contribution < -0.4 is 0 Å². The maximum absolute atomic E-state index is 12.5. The number of carbonyl (C=O) groups is 2. The summed E-state index contributed by atoms with van der Waals surface area (Å²) < 4.78 is 10.1. The van der Waals surface area contributed by atoms with Crippen molar-refractivity contribution in [1.29, 1.82) is 0 Å². The zero-order valence-corrected chi connectivity index (χ0v) is 15.1. The molecule has 0 N–H and O–H groups in total. The molecule has 0 atom stereocenters. The Morgan fingerprint density at radius 2 is 1.58 bits per heavy atom. The Labute approximate surface area is 153 Å². The van der Waals surface area contributed by atoms with Crippen LogP contribution in [-0.2, 0) is 19.1 Å². The summed E-state index contributed by atoms with van der Waals surface area (Å²) >= 11 is 0. The van der Waals surface area contributed by atoms with Gasteiger partial charge in [-0.15, -0.1) is 0 Å². The van der Waals surface area contributed by atoms with Crippen LogP contribution in [0.5, 0.6) is 0 Å². The van der Waals surface area contributed by atoms with Crippen molar-refractivity contribution in [3.05, 3.63) is 58.6 Å². The summed E-state index contributed by atoms with van der Waals surface area (Å²) in [7, 11) is 2.71. The maximum atomic E-state index is 12.5. The molecule has 0 fully saturated rings. The van der Waals surface area contributed by atoms with Crippen LogP contribution in [0, 0.1) is 23.7 Å². The van der Waals surface area contributed by atoms with Crippen LogP contribution >= 0.6 is 0 Å². The number of carbonyl (C=O) groups excluding carboxylic acids is 2. The number of unbranched alkanes of at least 4 members (excludes halogenated alkanes) is 1. The lowest BCUT2D eigenvalue weighted by Gasteiger charge is -2.20. The van der Waals surface area contributed by atoms with Crippen LogP contribution in [0.15, 0.2) is 53.0 Å². The highest BCUT2D eigenvalue weighted by Crippen LogP contribution is 2.28. The van der Waals surface area contributed by atoms with Gasteiger partial charge in [0.1, 0.15) is 0 Å². The molecule has 4 nitrogen and oxygen atoms in total. The van der Waals surface area contributed by atoms with E-state index in [1.807, 2.05) is 30.3 Å². The third kappa shape index (κ3) is 4.43. The van der Waals surface area contributed by atoms with Gasteiger partial charge in [0.25, 0.3) is 0 Å². The fourth-order valence-electron chi connectivity index (χ4n) is 2.58. The van der Waals surface area contributed by atoms with Gasteiger partial charge in [-0.3, -0.25) is 9.59 Å². The van der Waals surface area contributed by atoms with Gasteiger partial charge in [0.05, 0.1) is 14.2 Å². The van der Waals surface area contributed by atoms with Crippen molar-refractivity contribution >= 4 is 11.6 Å². The van der Waals surface area contributed by atoms with Gasteiger partial charge in [-0.1, -0.05) is 30.0 Å². The molecule has 0 aliphatic heterocycles. The molecule has 132 valence electrons. The fourth-order valence-corrected chi connectivity index (χ4v) is 2.58. The first-order chi connectivity index (χ1) is 12.6. The molecule has 1 aromatic carbocycles. The lowest BCUT2D eigenvalue weighted by Crippen LogP contribution is -2.25. The molecule has 0 bridgehead atoms. The van der Waals surface area contributed by atoms with Gasteiger partial charge in [-0.05, 0) is 43.7 Å². The van der Waals surface area contributed by atoms with Gasteiger partial charge in [-0.2, -0.15) is 0 Å². The lowest BCUT2D eigenvalue weighted by atomic mass is 9.90. The third-order valence-corrected chi connectivity index (χ3v) is 3.95. The number of Topliss-reactive ketones (excluding diaryl/α,β-unsaturated/α-hetero) is 2. The van der Waals surface area contributed by atoms with Gasteiger partial charge >= 0.3 is 0 Å². The average Bonchev–Trinajstić information content (AvgIpc) is 2.66. The quantitative estimate of drug-likeness (QED) is 0.466. The van der Waals surface area contributed by atoms with E-state index in [1.54, 1.807) is 6.92 Å². The summed E-state index contributed by atoms with van der Waals surface area (Å²) in [5.74, 6) is 10.9. The van der Waals surface area contributed by atoms with Gasteiger partial charge in [-0.25, -0.2) is 0 Å². The van der Waals surface area contributed by atoms with E-state index in [1.165, 1.54) is 14.2 Å². The zero-order valence-electron chi connectivity index (χ0n) is 15.1. The van der Waals surface area contributed by atoms with Crippen molar-refractivity contribution in [2.24, 2.45) is 0 Å². The monoisotopic (exact) mass is 348 g/mol. The summed E-state index contributed by atoms with van der Waals surface area (Å²) in [5.41, 5.74) is 1.79. The Morgan fingerprint density at radius 3 is 2.23 bits per heavy atom. The minimum absolute atomic E-state index is 0.0297. The van der Waals surface area contributed by atoms with Crippen LogP contribution in [0.1, 0.15) is 31.7 Å². The molecule has 26 heavy (non-hydrogen) atoms. The maximum Gasteiger partial charge on any atom is 0.228 e. The first kappa shape index (κ1) is 19.1. The number of hydrogen-bond donors (Lipinski definition) is 0. The molecule has 1 aromatic rings. The molecule has 0 saturated heterocycles. The van der Waals surface area contributed by atoms with E-state index in [-0.39, 0.29) is 23.1 Å². The average molecular weight is 348 g/mol. The van der Waals surface area contributed by atoms with Gasteiger partial charge in [0, 0.05) is 23.1 Å². The standard InChI is InChI=1S/C22H20O4/c1-16-18(20(24)22(26-3)21(25-2)19(16)23)15-11-6-4-5-8-12-17-13-9-7-10-14-17/h7,9-10,13-14H,6,11,15H2,1-3H3. The van der Waals surface area contributed by atoms with E-state index >= 15 is 0 Å². The first-order valence-electron chi connectivity index (χ1n) is 8.25. The lowest BCUT2D eigenvalue weighted by molar-refractivity contribution is -0.121. The van der Waals surface area contributed by atoms with Gasteiger partial charge in [0.15, 0.2) is 0 Å². The summed E-state index contributed by atoms with van der Waals surface area (Å²) in [6.07, 6.45) is 1.71. The second kappa shape index (κ2) is 9.30. The summed E-state index contributed by atoms with van der Waals surface area (Å²) in [4.78, 5) is 24.7. The molecule has 0 saturated carbocycles. The third-order valence-electron chi connectivity index (χ3n) is 3.95. The van der Waals surface area contributed by atoms with Gasteiger partial charge in [0.2, 0.25) is 23.1 Å². The van der Waals surface area contributed by atoms with E-state index in [2.05, 4.69) is 23.7 Å². The van der Waals surface area contributed by atoms with Crippen LogP contribution in [0.25, 0.3) is 0 Å². The minimum atomic E-state index is -0.307. The predicted molar refractivity (Wildman–Crippen MR) is 98.7 cm³/mol. The molecule has 4 heteroatoms. The van der Waals surface area contributed by atoms with Crippen molar-refractivity contribution in [2.45, 2.75) is 26.2 Å². The molecule has 0 spiro atoms. The van der Waals surface area contributed by atoms with Crippen LogP contribution in [0.2, 0.25) is 0 Å². The Kier molecular flexibility index (Phi) is 6.83. The molecule has 2 rings (SSSR count). The van der Waals surface area contributed by atoms with Crippen molar-refractivity contribution in [3.8, 4) is 23.7 Å². The van der Waals surface area contributed by atoms with Crippen molar-refractivity contribution in [3.63, 3.8) is 0 Å². The van der Waals surface area contributed by atoms with Crippen molar-refractivity contribution < 1.29 is 19.1 Å². The van der Waals surface area contributed by atoms with Crippen molar-refractivity contribution in [2.75, 3.05) is 14.2 Å². The largest absolute Gasteiger partial charge is 0.489 e. The summed E-state index contributed by atoms with van der Waals surface area (Å²) in [6, 6.07) is 9.63. The molecule has 0 aromatic heterocycles. The molecular formula is C22H20O4. The Morgan fingerprint density at radius 1 is 0.923 bits per heavy atom. The molecule has 1 aliphatic rings.